The Morgan fingerprint density at radius 2 is 1.12 bits per heavy atom. The fraction of sp³-hybridized carbons (Fsp3) is 0.300. The number of aliphatic hydroxyl groups excluding tert-OH is 2. The fourth-order valence-electron chi connectivity index (χ4n) is 3.91. The van der Waals surface area contributed by atoms with Crippen LogP contribution in [0.5, 0.6) is 0 Å². The molecular formula is C20H20N2O4. The lowest BCUT2D eigenvalue weighted by Crippen LogP contribution is -2.46. The van der Waals surface area contributed by atoms with E-state index in [4.69, 9.17) is 0 Å². The van der Waals surface area contributed by atoms with Gasteiger partial charge in [-0.05, 0) is 22.3 Å². The van der Waals surface area contributed by atoms with Crippen molar-refractivity contribution in [2.45, 2.75) is 37.1 Å². The molecule has 6 heteroatoms. The molecule has 4 atom stereocenters. The third-order valence-electron chi connectivity index (χ3n) is 5.19. The lowest BCUT2D eigenvalue weighted by molar-refractivity contribution is -0.140. The Morgan fingerprint density at radius 3 is 1.54 bits per heavy atom. The number of carbonyl (C=O) groups excluding carboxylic acids is 2. The van der Waals surface area contributed by atoms with Gasteiger partial charge in [-0.1, -0.05) is 48.5 Å². The molecule has 2 aliphatic rings. The molecule has 0 radical (unpaired) electrons. The Morgan fingerprint density at radius 1 is 0.731 bits per heavy atom. The van der Waals surface area contributed by atoms with Crippen LogP contribution in [-0.2, 0) is 22.4 Å². The number of amides is 2. The summed E-state index contributed by atoms with van der Waals surface area (Å²) < 4.78 is 0. The highest BCUT2D eigenvalue weighted by Crippen LogP contribution is 2.32. The molecule has 0 bridgehead atoms. The van der Waals surface area contributed by atoms with E-state index < -0.39 is 36.1 Å². The highest BCUT2D eigenvalue weighted by molar-refractivity contribution is 6.35. The molecule has 26 heavy (non-hydrogen) atoms. The van der Waals surface area contributed by atoms with Crippen molar-refractivity contribution in [1.82, 2.24) is 10.6 Å². The Labute approximate surface area is 150 Å². The van der Waals surface area contributed by atoms with Gasteiger partial charge in [0.2, 0.25) is 0 Å². The first-order valence-electron chi connectivity index (χ1n) is 8.67. The van der Waals surface area contributed by atoms with Gasteiger partial charge in [0, 0.05) is 12.8 Å². The predicted molar refractivity (Wildman–Crippen MR) is 94.1 cm³/mol. The number of hydrogen-bond acceptors (Lipinski definition) is 4. The summed E-state index contributed by atoms with van der Waals surface area (Å²) in [6, 6.07) is 13.7. The van der Waals surface area contributed by atoms with E-state index in [0.717, 1.165) is 22.3 Å². The van der Waals surface area contributed by atoms with Crippen molar-refractivity contribution in [3.63, 3.8) is 0 Å². The molecule has 2 aromatic carbocycles. The van der Waals surface area contributed by atoms with Crippen molar-refractivity contribution in [2.75, 3.05) is 0 Å². The van der Waals surface area contributed by atoms with Gasteiger partial charge in [-0.3, -0.25) is 9.59 Å². The zero-order valence-corrected chi connectivity index (χ0v) is 14.1. The van der Waals surface area contributed by atoms with E-state index in [1.54, 1.807) is 0 Å². The van der Waals surface area contributed by atoms with E-state index in [-0.39, 0.29) is 0 Å². The lowest BCUT2D eigenvalue weighted by atomic mass is 10.1. The molecule has 2 aliphatic carbocycles. The number of hydrogen-bond donors (Lipinski definition) is 4. The largest absolute Gasteiger partial charge is 0.390 e. The smallest absolute Gasteiger partial charge is 0.309 e. The van der Waals surface area contributed by atoms with Crippen LogP contribution >= 0.6 is 0 Å². The number of nitrogens with one attached hydrogen (secondary N) is 2. The zero-order chi connectivity index (χ0) is 18.3. The SMILES string of the molecule is O=C(N[C@@H]1c2ccccc2C[C@H]1O)C(=O)N[C@@H]1c2ccccc2C[C@H]1O. The summed E-state index contributed by atoms with van der Waals surface area (Å²) in [4.78, 5) is 24.7. The maximum atomic E-state index is 12.3. The molecule has 0 spiro atoms. The molecule has 2 aromatic rings. The van der Waals surface area contributed by atoms with Gasteiger partial charge >= 0.3 is 11.8 Å². The second kappa shape index (κ2) is 6.55. The van der Waals surface area contributed by atoms with E-state index in [1.807, 2.05) is 48.5 Å². The van der Waals surface area contributed by atoms with E-state index >= 15 is 0 Å². The van der Waals surface area contributed by atoms with E-state index in [9.17, 15) is 19.8 Å². The second-order valence-electron chi connectivity index (χ2n) is 6.84. The molecule has 6 nitrogen and oxygen atoms in total. The van der Waals surface area contributed by atoms with Crippen molar-refractivity contribution < 1.29 is 19.8 Å². The normalized spacial score (nSPS) is 26.1. The van der Waals surface area contributed by atoms with Crippen molar-refractivity contribution in [3.8, 4) is 0 Å². The Hall–Kier alpha value is -2.70. The first kappa shape index (κ1) is 16.8. The van der Waals surface area contributed by atoms with Crippen LogP contribution < -0.4 is 10.6 Å². The third-order valence-corrected chi connectivity index (χ3v) is 5.19. The van der Waals surface area contributed by atoms with Crippen molar-refractivity contribution in [2.24, 2.45) is 0 Å². The maximum Gasteiger partial charge on any atom is 0.309 e. The van der Waals surface area contributed by atoms with Gasteiger partial charge in [-0.25, -0.2) is 0 Å². The van der Waals surface area contributed by atoms with Gasteiger partial charge in [-0.2, -0.15) is 0 Å². The van der Waals surface area contributed by atoms with Crippen LogP contribution in [-0.4, -0.2) is 34.2 Å². The summed E-state index contributed by atoms with van der Waals surface area (Å²) in [6.45, 7) is 0. The molecular weight excluding hydrogens is 332 g/mol. The van der Waals surface area contributed by atoms with Gasteiger partial charge in [0.1, 0.15) is 0 Å². The van der Waals surface area contributed by atoms with Crippen LogP contribution in [0.1, 0.15) is 34.3 Å². The zero-order valence-electron chi connectivity index (χ0n) is 14.1. The standard InChI is InChI=1S/C20H20N2O4/c23-15-9-11-5-1-3-7-13(11)17(15)21-19(25)20(26)22-18-14-8-4-2-6-12(14)10-16(18)24/h1-8,15-18,23-24H,9-10H2,(H,21,25)(H,22,26)/t15-,16-,17-,18-/m1/s1. The van der Waals surface area contributed by atoms with Gasteiger partial charge in [0.15, 0.2) is 0 Å². The Bertz CT molecular complexity index is 795. The van der Waals surface area contributed by atoms with Crippen LogP contribution in [0.4, 0.5) is 0 Å². The van der Waals surface area contributed by atoms with Crippen molar-refractivity contribution in [1.29, 1.82) is 0 Å². The summed E-state index contributed by atoms with van der Waals surface area (Å²) in [7, 11) is 0. The predicted octanol–water partition coefficient (Wildman–Crippen LogP) is 0.535. The molecule has 2 amide bonds. The minimum Gasteiger partial charge on any atom is -0.390 e. The fourth-order valence-corrected chi connectivity index (χ4v) is 3.91. The number of aliphatic hydroxyl groups is 2. The topological polar surface area (TPSA) is 98.7 Å². The third kappa shape index (κ3) is 2.87. The summed E-state index contributed by atoms with van der Waals surface area (Å²) in [5.41, 5.74) is 3.58. The number of carbonyl (C=O) groups is 2. The average Bonchev–Trinajstić information content (AvgIpc) is 3.12. The maximum absolute atomic E-state index is 12.3. The highest BCUT2D eigenvalue weighted by atomic mass is 16.3. The molecule has 0 saturated heterocycles. The molecule has 134 valence electrons. The summed E-state index contributed by atoms with van der Waals surface area (Å²) in [6.07, 6.45) is -0.640. The molecule has 0 heterocycles. The summed E-state index contributed by atoms with van der Waals surface area (Å²) in [5.74, 6) is -1.63. The molecule has 4 N–H and O–H groups in total. The number of rotatable bonds is 2. The molecule has 0 aromatic heterocycles. The Balaban J connectivity index is 1.45. The van der Waals surface area contributed by atoms with Crippen molar-refractivity contribution in [3.05, 3.63) is 70.8 Å². The van der Waals surface area contributed by atoms with Crippen LogP contribution in [0, 0.1) is 0 Å². The molecule has 4 rings (SSSR count). The van der Waals surface area contributed by atoms with E-state index in [1.165, 1.54) is 0 Å². The quantitative estimate of drug-likeness (QED) is 0.593. The molecule has 0 aliphatic heterocycles. The van der Waals surface area contributed by atoms with Gasteiger partial charge in [0.05, 0.1) is 24.3 Å². The van der Waals surface area contributed by atoms with E-state index in [2.05, 4.69) is 10.6 Å². The summed E-state index contributed by atoms with van der Waals surface area (Å²) in [5, 5.41) is 25.7. The molecule has 0 fully saturated rings. The first-order valence-corrected chi connectivity index (χ1v) is 8.67. The highest BCUT2D eigenvalue weighted by Gasteiger charge is 2.36. The second-order valence-corrected chi connectivity index (χ2v) is 6.84. The molecule has 0 unspecified atom stereocenters. The first-order chi connectivity index (χ1) is 12.5. The minimum atomic E-state index is -0.817. The lowest BCUT2D eigenvalue weighted by Gasteiger charge is -2.20. The van der Waals surface area contributed by atoms with Crippen molar-refractivity contribution >= 4 is 11.8 Å². The monoisotopic (exact) mass is 352 g/mol. The summed E-state index contributed by atoms with van der Waals surface area (Å²) >= 11 is 0. The number of fused-ring (bicyclic) bond motifs is 2. The molecule has 0 saturated carbocycles. The minimum absolute atomic E-state index is 0.442. The van der Waals surface area contributed by atoms with Crippen LogP contribution in [0.3, 0.4) is 0 Å². The van der Waals surface area contributed by atoms with Gasteiger partial charge < -0.3 is 20.8 Å². The van der Waals surface area contributed by atoms with Crippen LogP contribution in [0.2, 0.25) is 0 Å². The van der Waals surface area contributed by atoms with Crippen LogP contribution in [0.25, 0.3) is 0 Å². The Kier molecular flexibility index (Phi) is 4.22. The number of benzene rings is 2. The van der Waals surface area contributed by atoms with Crippen LogP contribution in [0.15, 0.2) is 48.5 Å². The average molecular weight is 352 g/mol. The van der Waals surface area contributed by atoms with Gasteiger partial charge in [0.25, 0.3) is 0 Å². The van der Waals surface area contributed by atoms with Gasteiger partial charge in [-0.15, -0.1) is 0 Å². The van der Waals surface area contributed by atoms with E-state index in [0.29, 0.717) is 12.8 Å².